The van der Waals surface area contributed by atoms with Gasteiger partial charge in [-0.05, 0) is 116 Å². The lowest BCUT2D eigenvalue weighted by molar-refractivity contribution is -0.249. The number of ether oxygens (including phenoxy) is 1. The maximum Gasteiger partial charge on any atom is 0.407 e. The Kier molecular flexibility index (Phi) is 7.59. The second-order valence-electron chi connectivity index (χ2n) is 16.4. The lowest BCUT2D eigenvalue weighted by Crippen LogP contribution is -2.67. The monoisotopic (exact) mass is 573 g/mol. The van der Waals surface area contributed by atoms with Gasteiger partial charge >= 0.3 is 18.0 Å². The van der Waals surface area contributed by atoms with Gasteiger partial charge in [0, 0.05) is 12.0 Å². The molecule has 0 aromatic carbocycles. The van der Waals surface area contributed by atoms with Gasteiger partial charge in [0.25, 0.3) is 0 Å². The topological polar surface area (TPSA) is 113 Å². The number of nitrogens with one attached hydrogen (secondary N) is 1. The number of aliphatic carboxylic acids is 2. The smallest absolute Gasteiger partial charge is 0.407 e. The van der Waals surface area contributed by atoms with Crippen molar-refractivity contribution in [3.05, 3.63) is 0 Å². The molecule has 10 atom stereocenters. The van der Waals surface area contributed by atoms with Crippen LogP contribution in [0.4, 0.5) is 4.79 Å². The van der Waals surface area contributed by atoms with Crippen molar-refractivity contribution in [3.63, 3.8) is 0 Å². The zero-order valence-corrected chi connectivity index (χ0v) is 26.6. The first-order valence-corrected chi connectivity index (χ1v) is 16.4. The predicted molar refractivity (Wildman–Crippen MR) is 157 cm³/mol. The number of carbonyl (C=O) groups is 3. The van der Waals surface area contributed by atoms with Gasteiger partial charge in [0.15, 0.2) is 0 Å². The number of carboxylic acids is 2. The van der Waals surface area contributed by atoms with Gasteiger partial charge in [0.05, 0.1) is 11.8 Å². The number of alkyl carbamates (subject to hydrolysis) is 1. The maximum atomic E-state index is 12.9. The van der Waals surface area contributed by atoms with Crippen LogP contribution < -0.4 is 5.32 Å². The summed E-state index contributed by atoms with van der Waals surface area (Å²) in [6, 6.07) is 0. The molecular weight excluding hydrogens is 518 g/mol. The molecule has 5 aliphatic rings. The predicted octanol–water partition coefficient (Wildman–Crippen LogP) is 7.38. The fourth-order valence-corrected chi connectivity index (χ4v) is 12.4. The average Bonchev–Trinajstić information content (AvgIpc) is 3.27. The summed E-state index contributed by atoms with van der Waals surface area (Å²) in [5.74, 6) is 1.27. The van der Waals surface area contributed by atoms with E-state index in [-0.39, 0.29) is 46.6 Å². The lowest BCUT2D eigenvalue weighted by atomic mass is 9.32. The summed E-state index contributed by atoms with van der Waals surface area (Å²) in [5, 5.41) is 22.1. The zero-order valence-electron chi connectivity index (χ0n) is 26.6. The molecule has 0 saturated heterocycles. The van der Waals surface area contributed by atoms with Crippen LogP contribution in [-0.4, -0.2) is 40.9 Å². The van der Waals surface area contributed by atoms with Crippen LogP contribution in [0.2, 0.25) is 0 Å². The van der Waals surface area contributed by atoms with E-state index in [1.54, 1.807) is 0 Å². The molecule has 0 bridgehead atoms. The van der Waals surface area contributed by atoms with Gasteiger partial charge in [0.2, 0.25) is 0 Å². The molecular formula is C34H55NO6. The number of carboxylic acid groups (broad SMARTS) is 2. The molecule has 0 aromatic heterocycles. The van der Waals surface area contributed by atoms with Crippen molar-refractivity contribution in [2.45, 2.75) is 125 Å². The van der Waals surface area contributed by atoms with Crippen LogP contribution >= 0.6 is 0 Å². The normalized spacial score (nSPS) is 46.4. The minimum Gasteiger partial charge on any atom is -0.481 e. The van der Waals surface area contributed by atoms with Crippen LogP contribution in [-0.2, 0) is 14.3 Å². The molecule has 4 unspecified atom stereocenters. The second kappa shape index (κ2) is 10.1. The third kappa shape index (κ3) is 4.36. The van der Waals surface area contributed by atoms with Crippen LogP contribution in [0.3, 0.4) is 0 Å². The van der Waals surface area contributed by atoms with E-state index < -0.39 is 23.4 Å². The van der Waals surface area contributed by atoms with E-state index in [1.165, 1.54) is 0 Å². The summed E-state index contributed by atoms with van der Waals surface area (Å²) in [7, 11) is 0. The van der Waals surface area contributed by atoms with Crippen molar-refractivity contribution in [1.82, 2.24) is 5.32 Å². The Balaban J connectivity index is 1.40. The molecule has 5 fully saturated rings. The Morgan fingerprint density at radius 2 is 1.54 bits per heavy atom. The largest absolute Gasteiger partial charge is 0.481 e. The number of fused-ring (bicyclic) bond motifs is 7. The minimum absolute atomic E-state index is 0.0739. The molecule has 0 spiro atoms. The van der Waals surface area contributed by atoms with Crippen molar-refractivity contribution >= 4 is 18.0 Å². The quantitative estimate of drug-likeness (QED) is 0.306. The van der Waals surface area contributed by atoms with Crippen LogP contribution in [0, 0.1) is 62.6 Å². The summed E-state index contributed by atoms with van der Waals surface area (Å²) in [4.78, 5) is 36.3. The first-order chi connectivity index (χ1) is 19.0. The van der Waals surface area contributed by atoms with E-state index in [1.807, 2.05) is 0 Å². The minimum atomic E-state index is -0.938. The number of hydrogen-bond acceptors (Lipinski definition) is 4. The Bertz CT molecular complexity index is 1070. The highest BCUT2D eigenvalue weighted by Gasteiger charge is 2.72. The molecule has 5 aliphatic carbocycles. The number of rotatable bonds is 6. The van der Waals surface area contributed by atoms with Gasteiger partial charge in [-0.25, -0.2) is 4.79 Å². The highest BCUT2D eigenvalue weighted by atomic mass is 16.6. The van der Waals surface area contributed by atoms with Gasteiger partial charge in [-0.2, -0.15) is 0 Å². The fourth-order valence-electron chi connectivity index (χ4n) is 12.4. The summed E-state index contributed by atoms with van der Waals surface area (Å²) >= 11 is 0. The average molecular weight is 574 g/mol. The van der Waals surface area contributed by atoms with Crippen molar-refractivity contribution < 1.29 is 29.3 Å². The van der Waals surface area contributed by atoms with Crippen LogP contribution in [0.5, 0.6) is 0 Å². The Labute approximate surface area is 246 Å². The second-order valence-corrected chi connectivity index (χ2v) is 16.4. The summed E-state index contributed by atoms with van der Waals surface area (Å²) in [6.07, 6.45) is 9.30. The lowest BCUT2D eigenvalue weighted by Gasteiger charge is -2.72. The molecule has 5 saturated carbocycles. The van der Waals surface area contributed by atoms with E-state index in [2.05, 4.69) is 53.8 Å². The highest BCUT2D eigenvalue weighted by molar-refractivity contribution is 5.76. The van der Waals surface area contributed by atoms with Gasteiger partial charge in [-0.15, -0.1) is 0 Å². The third-order valence-electron chi connectivity index (χ3n) is 14.6. The Morgan fingerprint density at radius 3 is 2.17 bits per heavy atom. The van der Waals surface area contributed by atoms with Crippen molar-refractivity contribution in [3.8, 4) is 0 Å². The first-order valence-electron chi connectivity index (χ1n) is 16.4. The van der Waals surface area contributed by atoms with Crippen molar-refractivity contribution in [1.29, 1.82) is 0 Å². The van der Waals surface area contributed by atoms with E-state index >= 15 is 0 Å². The molecule has 41 heavy (non-hydrogen) atoms. The van der Waals surface area contributed by atoms with Gasteiger partial charge < -0.3 is 20.3 Å². The number of hydrogen-bond donors (Lipinski definition) is 3. The van der Waals surface area contributed by atoms with Crippen LogP contribution in [0.25, 0.3) is 0 Å². The SMILES string of the molecule is CC(C)[C@@H]1CC[C@]2(C(=O)O)CC[C@]3(C)C(CCC4[C@@]5(C)CC[C@@H](OC(=O)NCCC(=O)O)C(C)(C)C5CC[C@]43C)C12. The molecule has 232 valence electrons. The van der Waals surface area contributed by atoms with Gasteiger partial charge in [-0.1, -0.05) is 48.5 Å². The molecule has 0 aromatic rings. The first kappa shape index (κ1) is 30.7. The van der Waals surface area contributed by atoms with E-state index in [4.69, 9.17) is 9.84 Å². The third-order valence-corrected chi connectivity index (χ3v) is 14.6. The number of amides is 1. The van der Waals surface area contributed by atoms with Crippen molar-refractivity contribution in [2.75, 3.05) is 6.54 Å². The molecule has 0 heterocycles. The van der Waals surface area contributed by atoms with E-state index in [9.17, 15) is 19.5 Å². The van der Waals surface area contributed by atoms with E-state index in [0.717, 1.165) is 64.2 Å². The summed E-state index contributed by atoms with van der Waals surface area (Å²) in [6.45, 7) is 16.9. The molecule has 0 radical (unpaired) electrons. The molecule has 3 N–H and O–H groups in total. The van der Waals surface area contributed by atoms with Gasteiger partial charge in [0.1, 0.15) is 6.10 Å². The summed E-state index contributed by atoms with van der Waals surface area (Å²) in [5.41, 5.74) is -0.291. The highest BCUT2D eigenvalue weighted by Crippen LogP contribution is 2.77. The Hall–Kier alpha value is -1.79. The molecule has 1 amide bonds. The molecule has 0 aliphatic heterocycles. The van der Waals surface area contributed by atoms with Crippen molar-refractivity contribution in [2.24, 2.45) is 62.6 Å². The molecule has 7 heteroatoms. The number of carbonyl (C=O) groups excluding carboxylic acids is 1. The van der Waals surface area contributed by atoms with Crippen LogP contribution in [0.15, 0.2) is 0 Å². The van der Waals surface area contributed by atoms with Crippen LogP contribution in [0.1, 0.15) is 119 Å². The molecule has 5 rings (SSSR count). The van der Waals surface area contributed by atoms with Gasteiger partial charge in [-0.3, -0.25) is 9.59 Å². The Morgan fingerprint density at radius 1 is 0.829 bits per heavy atom. The fraction of sp³-hybridized carbons (Fsp3) is 0.912. The zero-order chi connectivity index (χ0) is 30.2. The standard InChI is InChI=1S/C34H55NO6/c1-20(2)21-10-16-34(28(38)39)18-17-32(6)22(27(21)34)8-9-24-31(5)14-12-25(41-29(40)35-19-13-26(36)37)30(3,4)23(31)11-15-33(24,32)7/h20-25,27H,8-19H2,1-7H3,(H,35,40)(H,36,37)(H,38,39)/t21-,22?,23?,24?,25+,27?,31-,32+,33+,34-/m0/s1. The molecule has 7 nitrogen and oxygen atoms in total. The maximum absolute atomic E-state index is 12.9. The summed E-state index contributed by atoms with van der Waals surface area (Å²) < 4.78 is 5.97. The van der Waals surface area contributed by atoms with E-state index in [0.29, 0.717) is 29.6 Å².